The topological polar surface area (TPSA) is 79.8 Å². The lowest BCUT2D eigenvalue weighted by Gasteiger charge is -2.23. The Morgan fingerprint density at radius 2 is 1.92 bits per heavy atom. The van der Waals surface area contributed by atoms with E-state index in [2.05, 4.69) is 24.5 Å². The summed E-state index contributed by atoms with van der Waals surface area (Å²) < 4.78 is 10.4. The van der Waals surface area contributed by atoms with Crippen molar-refractivity contribution < 1.29 is 19.4 Å². The third-order valence-electron chi connectivity index (χ3n) is 3.67. The van der Waals surface area contributed by atoms with Gasteiger partial charge in [0.15, 0.2) is 0 Å². The van der Waals surface area contributed by atoms with Gasteiger partial charge in [0.1, 0.15) is 11.5 Å². The van der Waals surface area contributed by atoms with E-state index in [1.54, 1.807) is 32.4 Å². The van der Waals surface area contributed by atoms with Crippen LogP contribution < -0.4 is 20.1 Å². The molecule has 0 aromatic heterocycles. The van der Waals surface area contributed by atoms with E-state index in [-0.39, 0.29) is 24.6 Å². The number of anilines is 1. The molecular formula is C18H30N2O4. The summed E-state index contributed by atoms with van der Waals surface area (Å²) in [5, 5.41) is 15.6. The van der Waals surface area contributed by atoms with Crippen molar-refractivity contribution in [2.45, 2.75) is 45.7 Å². The van der Waals surface area contributed by atoms with Gasteiger partial charge < -0.3 is 25.2 Å². The molecule has 0 aliphatic heterocycles. The van der Waals surface area contributed by atoms with Gasteiger partial charge in [0.05, 0.1) is 26.5 Å². The number of rotatable bonds is 10. The molecule has 6 heteroatoms. The van der Waals surface area contributed by atoms with Gasteiger partial charge in [-0.25, -0.2) is 0 Å². The predicted octanol–water partition coefficient (Wildman–Crippen LogP) is 2.42. The van der Waals surface area contributed by atoms with Gasteiger partial charge in [-0.15, -0.1) is 0 Å². The number of nitrogens with one attached hydrogen (secondary N) is 2. The number of carbonyl (C=O) groups is 1. The summed E-state index contributed by atoms with van der Waals surface area (Å²) in [4.78, 5) is 12.3. The number of aliphatic hydroxyl groups excluding tert-OH is 1. The minimum Gasteiger partial charge on any atom is -0.497 e. The summed E-state index contributed by atoms with van der Waals surface area (Å²) in [6.07, 6.45) is 1.17. The van der Waals surface area contributed by atoms with E-state index in [1.807, 2.05) is 6.92 Å². The number of methoxy groups -OCH3 is 2. The Morgan fingerprint density at radius 1 is 1.21 bits per heavy atom. The fourth-order valence-corrected chi connectivity index (χ4v) is 2.62. The lowest BCUT2D eigenvalue weighted by atomic mass is 10.0. The normalized spacial score (nSPS) is 13.5. The molecule has 0 aliphatic rings. The first kappa shape index (κ1) is 20.3. The summed E-state index contributed by atoms with van der Waals surface area (Å²) in [5.41, 5.74) is 0.579. The minimum absolute atomic E-state index is 0.000782. The van der Waals surface area contributed by atoms with Gasteiger partial charge in [0.25, 0.3) is 0 Å². The molecule has 0 saturated carbocycles. The highest BCUT2D eigenvalue weighted by molar-refractivity contribution is 5.92. The molecular weight excluding hydrogens is 308 g/mol. The number of hydrogen-bond acceptors (Lipinski definition) is 5. The molecule has 24 heavy (non-hydrogen) atoms. The van der Waals surface area contributed by atoms with Crippen LogP contribution in [0.5, 0.6) is 11.5 Å². The molecule has 3 N–H and O–H groups in total. The van der Waals surface area contributed by atoms with Crippen molar-refractivity contribution in [2.24, 2.45) is 5.92 Å². The third kappa shape index (κ3) is 6.76. The van der Waals surface area contributed by atoms with Gasteiger partial charge in [-0.05, 0) is 31.4 Å². The zero-order valence-electron chi connectivity index (χ0n) is 15.3. The SMILES string of the molecule is COc1ccc(OC)c(NC(=O)CC(C)NC(CO)CC(C)C)c1. The van der Waals surface area contributed by atoms with Crippen molar-refractivity contribution in [3.63, 3.8) is 0 Å². The second-order valence-electron chi connectivity index (χ2n) is 6.40. The lowest BCUT2D eigenvalue weighted by Crippen LogP contribution is -2.41. The molecule has 0 bridgehead atoms. The monoisotopic (exact) mass is 338 g/mol. The van der Waals surface area contributed by atoms with Crippen molar-refractivity contribution in [1.29, 1.82) is 0 Å². The number of carbonyl (C=O) groups excluding carboxylic acids is 1. The van der Waals surface area contributed by atoms with Crippen LogP contribution in [0.3, 0.4) is 0 Å². The fourth-order valence-electron chi connectivity index (χ4n) is 2.62. The second kappa shape index (κ2) is 10.2. The van der Waals surface area contributed by atoms with E-state index in [4.69, 9.17) is 9.47 Å². The Balaban J connectivity index is 2.62. The number of hydrogen-bond donors (Lipinski definition) is 3. The van der Waals surface area contributed by atoms with Crippen LogP contribution in [0.4, 0.5) is 5.69 Å². The maximum atomic E-state index is 12.3. The molecule has 136 valence electrons. The molecule has 2 atom stereocenters. The van der Waals surface area contributed by atoms with Crippen LogP contribution in [0.15, 0.2) is 18.2 Å². The molecule has 1 rings (SSSR count). The molecule has 0 fully saturated rings. The summed E-state index contributed by atoms with van der Waals surface area (Å²) >= 11 is 0. The number of amides is 1. The zero-order valence-corrected chi connectivity index (χ0v) is 15.3. The van der Waals surface area contributed by atoms with Crippen molar-refractivity contribution in [3.05, 3.63) is 18.2 Å². The van der Waals surface area contributed by atoms with Crippen LogP contribution in [-0.2, 0) is 4.79 Å². The van der Waals surface area contributed by atoms with Crippen LogP contribution in [-0.4, -0.2) is 43.9 Å². The van der Waals surface area contributed by atoms with Crippen LogP contribution >= 0.6 is 0 Å². The minimum atomic E-state index is -0.122. The highest BCUT2D eigenvalue weighted by atomic mass is 16.5. The maximum absolute atomic E-state index is 12.3. The molecule has 0 heterocycles. The summed E-state index contributed by atoms with van der Waals surface area (Å²) in [6, 6.07) is 5.21. The van der Waals surface area contributed by atoms with E-state index < -0.39 is 0 Å². The van der Waals surface area contributed by atoms with Gasteiger partial charge in [-0.2, -0.15) is 0 Å². The third-order valence-corrected chi connectivity index (χ3v) is 3.67. The van der Waals surface area contributed by atoms with Crippen LogP contribution in [0.25, 0.3) is 0 Å². The Hall–Kier alpha value is -1.79. The first-order chi connectivity index (χ1) is 11.4. The van der Waals surface area contributed by atoms with E-state index in [1.165, 1.54) is 0 Å². The fraction of sp³-hybridized carbons (Fsp3) is 0.611. The Labute approximate surface area is 144 Å². The molecule has 1 aromatic carbocycles. The molecule has 0 spiro atoms. The van der Waals surface area contributed by atoms with E-state index in [0.717, 1.165) is 6.42 Å². The number of ether oxygens (including phenoxy) is 2. The molecule has 0 saturated heterocycles. The Bertz CT molecular complexity index is 520. The number of aliphatic hydroxyl groups is 1. The van der Waals surface area contributed by atoms with Crippen LogP contribution in [0.2, 0.25) is 0 Å². The van der Waals surface area contributed by atoms with Crippen molar-refractivity contribution in [2.75, 3.05) is 26.1 Å². The Morgan fingerprint density at radius 3 is 2.46 bits per heavy atom. The van der Waals surface area contributed by atoms with Crippen LogP contribution in [0.1, 0.15) is 33.6 Å². The van der Waals surface area contributed by atoms with Crippen molar-refractivity contribution >= 4 is 11.6 Å². The van der Waals surface area contributed by atoms with Crippen molar-refractivity contribution in [1.82, 2.24) is 5.32 Å². The largest absolute Gasteiger partial charge is 0.497 e. The zero-order chi connectivity index (χ0) is 18.1. The van der Waals surface area contributed by atoms with Gasteiger partial charge in [-0.3, -0.25) is 4.79 Å². The Kier molecular flexibility index (Phi) is 8.57. The summed E-state index contributed by atoms with van der Waals surface area (Å²) in [5.74, 6) is 1.59. The van der Waals surface area contributed by atoms with E-state index >= 15 is 0 Å². The first-order valence-corrected chi connectivity index (χ1v) is 8.28. The van der Waals surface area contributed by atoms with Crippen LogP contribution in [0, 0.1) is 5.92 Å². The standard InChI is InChI=1S/C18H30N2O4/c1-12(2)8-14(11-21)19-13(3)9-18(22)20-16-10-15(23-4)6-7-17(16)24-5/h6-7,10,12-14,19,21H,8-9,11H2,1-5H3,(H,20,22). The van der Waals surface area contributed by atoms with Gasteiger partial charge in [-0.1, -0.05) is 13.8 Å². The quantitative estimate of drug-likeness (QED) is 0.610. The highest BCUT2D eigenvalue weighted by Gasteiger charge is 2.16. The number of benzene rings is 1. The molecule has 1 amide bonds. The molecule has 0 aliphatic carbocycles. The maximum Gasteiger partial charge on any atom is 0.226 e. The average Bonchev–Trinajstić information content (AvgIpc) is 2.53. The van der Waals surface area contributed by atoms with Gasteiger partial charge in [0, 0.05) is 24.6 Å². The molecule has 6 nitrogen and oxygen atoms in total. The van der Waals surface area contributed by atoms with E-state index in [9.17, 15) is 9.90 Å². The van der Waals surface area contributed by atoms with Crippen molar-refractivity contribution in [3.8, 4) is 11.5 Å². The average molecular weight is 338 g/mol. The first-order valence-electron chi connectivity index (χ1n) is 8.28. The van der Waals surface area contributed by atoms with Gasteiger partial charge in [0.2, 0.25) is 5.91 Å². The smallest absolute Gasteiger partial charge is 0.226 e. The molecule has 0 radical (unpaired) electrons. The predicted molar refractivity (Wildman–Crippen MR) is 95.7 cm³/mol. The van der Waals surface area contributed by atoms with E-state index in [0.29, 0.717) is 29.5 Å². The summed E-state index contributed by atoms with van der Waals surface area (Å²) in [6.45, 7) is 6.22. The van der Waals surface area contributed by atoms with Gasteiger partial charge >= 0.3 is 0 Å². The highest BCUT2D eigenvalue weighted by Crippen LogP contribution is 2.29. The summed E-state index contributed by atoms with van der Waals surface area (Å²) in [7, 11) is 3.13. The molecule has 1 aromatic rings. The second-order valence-corrected chi connectivity index (χ2v) is 6.40. The molecule has 2 unspecified atom stereocenters. The lowest BCUT2D eigenvalue weighted by molar-refractivity contribution is -0.116.